The van der Waals surface area contributed by atoms with E-state index < -0.39 is 16.4 Å². The van der Waals surface area contributed by atoms with Gasteiger partial charge in [-0.25, -0.2) is 17.2 Å². The van der Waals surface area contributed by atoms with Gasteiger partial charge in [0.05, 0.1) is 4.90 Å². The van der Waals surface area contributed by atoms with Crippen LogP contribution in [0.3, 0.4) is 0 Å². The fraction of sp³-hybridized carbons (Fsp3) is 0.647. The lowest BCUT2D eigenvalue weighted by Gasteiger charge is -2.36. The summed E-state index contributed by atoms with van der Waals surface area (Å²) < 4.78 is 52.7. The van der Waals surface area contributed by atoms with E-state index in [1.807, 2.05) is 20.8 Å². The molecule has 1 aliphatic heterocycles. The maximum Gasteiger partial charge on any atom is 0.263 e. The first kappa shape index (κ1) is 19.3. The summed E-state index contributed by atoms with van der Waals surface area (Å²) in [7, 11) is -3.67. The van der Waals surface area contributed by atoms with Crippen LogP contribution in [0, 0.1) is 0 Å². The third kappa shape index (κ3) is 4.74. The number of alkyl halides is 2. The van der Waals surface area contributed by atoms with Crippen LogP contribution in [0.5, 0.6) is 0 Å². The van der Waals surface area contributed by atoms with Crippen LogP contribution in [0.25, 0.3) is 0 Å². The molecule has 0 amide bonds. The van der Waals surface area contributed by atoms with Gasteiger partial charge in [-0.2, -0.15) is 4.31 Å². The molecular formula is C17H26F2N2O2S. The number of nitrogens with zero attached hydrogens (tertiary/aromatic N) is 1. The first-order valence-corrected chi connectivity index (χ1v) is 9.70. The fourth-order valence-corrected chi connectivity index (χ4v) is 4.53. The monoisotopic (exact) mass is 360 g/mol. The molecule has 1 heterocycles. The SMILES string of the molecule is CC(C)(C)NC[C@@H]1CCCCN1S(=O)(=O)c1ccc(C(F)F)cc1. The average molecular weight is 360 g/mol. The van der Waals surface area contributed by atoms with Gasteiger partial charge in [-0.3, -0.25) is 0 Å². The van der Waals surface area contributed by atoms with Crippen molar-refractivity contribution in [2.75, 3.05) is 13.1 Å². The highest BCUT2D eigenvalue weighted by Gasteiger charge is 2.33. The third-order valence-electron chi connectivity index (χ3n) is 4.18. The largest absolute Gasteiger partial charge is 0.310 e. The number of hydrogen-bond acceptors (Lipinski definition) is 3. The molecule has 2 rings (SSSR count). The van der Waals surface area contributed by atoms with Gasteiger partial charge in [-0.1, -0.05) is 18.6 Å². The van der Waals surface area contributed by atoms with Gasteiger partial charge in [0, 0.05) is 30.2 Å². The van der Waals surface area contributed by atoms with Gasteiger partial charge >= 0.3 is 0 Å². The summed E-state index contributed by atoms with van der Waals surface area (Å²) in [6, 6.07) is 4.81. The highest BCUT2D eigenvalue weighted by molar-refractivity contribution is 7.89. The van der Waals surface area contributed by atoms with Gasteiger partial charge in [0.1, 0.15) is 0 Å². The van der Waals surface area contributed by atoms with Crippen LogP contribution in [-0.2, 0) is 10.0 Å². The topological polar surface area (TPSA) is 49.4 Å². The molecule has 0 spiro atoms. The minimum atomic E-state index is -3.67. The second kappa shape index (κ2) is 7.45. The Morgan fingerprint density at radius 1 is 1.21 bits per heavy atom. The molecule has 1 aliphatic rings. The van der Waals surface area contributed by atoms with E-state index in [2.05, 4.69) is 5.32 Å². The van der Waals surface area contributed by atoms with E-state index in [-0.39, 0.29) is 22.0 Å². The zero-order valence-corrected chi connectivity index (χ0v) is 15.2. The van der Waals surface area contributed by atoms with Gasteiger partial charge in [0.25, 0.3) is 6.43 Å². The van der Waals surface area contributed by atoms with Crippen molar-refractivity contribution >= 4 is 10.0 Å². The van der Waals surface area contributed by atoms with E-state index in [0.29, 0.717) is 13.1 Å². The molecule has 1 atom stereocenters. The standard InChI is InChI=1S/C17H26F2N2O2S/c1-17(2,3)20-12-14-6-4-5-11-21(14)24(22,23)15-9-7-13(8-10-15)16(18)19/h7-10,14,16,20H,4-6,11-12H2,1-3H3/t14-/m0/s1. The van der Waals surface area contributed by atoms with E-state index in [4.69, 9.17) is 0 Å². The number of halogens is 2. The lowest BCUT2D eigenvalue weighted by atomic mass is 10.0. The molecule has 1 aromatic rings. The minimum absolute atomic E-state index is 0.0783. The second-order valence-electron chi connectivity index (χ2n) is 7.27. The van der Waals surface area contributed by atoms with E-state index >= 15 is 0 Å². The van der Waals surface area contributed by atoms with Crippen molar-refractivity contribution in [3.05, 3.63) is 29.8 Å². The van der Waals surface area contributed by atoms with Gasteiger partial charge in [-0.15, -0.1) is 0 Å². The van der Waals surface area contributed by atoms with Crippen molar-refractivity contribution in [1.29, 1.82) is 0 Å². The van der Waals surface area contributed by atoms with Crippen LogP contribution in [0.4, 0.5) is 8.78 Å². The zero-order chi connectivity index (χ0) is 18.0. The van der Waals surface area contributed by atoms with Crippen molar-refractivity contribution in [3.8, 4) is 0 Å². The predicted octanol–water partition coefficient (Wildman–Crippen LogP) is 3.56. The lowest BCUT2D eigenvalue weighted by molar-refractivity contribution is 0.151. The van der Waals surface area contributed by atoms with Crippen LogP contribution in [0.2, 0.25) is 0 Å². The average Bonchev–Trinajstić information content (AvgIpc) is 2.52. The first-order valence-electron chi connectivity index (χ1n) is 8.26. The number of sulfonamides is 1. The van der Waals surface area contributed by atoms with Gasteiger partial charge in [0.15, 0.2) is 0 Å². The lowest BCUT2D eigenvalue weighted by Crippen LogP contribution is -2.51. The summed E-state index contributed by atoms with van der Waals surface area (Å²) >= 11 is 0. The molecule has 0 bridgehead atoms. The van der Waals surface area contributed by atoms with Crippen molar-refractivity contribution in [2.45, 2.75) is 62.9 Å². The highest BCUT2D eigenvalue weighted by atomic mass is 32.2. The van der Waals surface area contributed by atoms with Crippen molar-refractivity contribution in [1.82, 2.24) is 9.62 Å². The Bertz CT molecular complexity index is 640. The molecule has 1 N–H and O–H groups in total. The number of hydrogen-bond donors (Lipinski definition) is 1. The highest BCUT2D eigenvalue weighted by Crippen LogP contribution is 2.27. The Kier molecular flexibility index (Phi) is 5.99. The van der Waals surface area contributed by atoms with Crippen molar-refractivity contribution in [3.63, 3.8) is 0 Å². The molecule has 24 heavy (non-hydrogen) atoms. The molecule has 0 aliphatic carbocycles. The molecule has 1 fully saturated rings. The molecule has 0 aromatic heterocycles. The van der Waals surface area contributed by atoms with E-state index in [9.17, 15) is 17.2 Å². The smallest absolute Gasteiger partial charge is 0.263 e. The Morgan fingerprint density at radius 2 is 1.83 bits per heavy atom. The summed E-state index contributed by atoms with van der Waals surface area (Å²) in [6.45, 7) is 7.17. The first-order chi connectivity index (χ1) is 11.1. The Hall–Kier alpha value is -1.05. The van der Waals surface area contributed by atoms with Crippen molar-refractivity contribution in [2.24, 2.45) is 0 Å². The van der Waals surface area contributed by atoms with E-state index in [1.165, 1.54) is 28.6 Å². The fourth-order valence-electron chi connectivity index (χ4n) is 2.84. The number of piperidine rings is 1. The van der Waals surface area contributed by atoms with Crippen LogP contribution in [-0.4, -0.2) is 37.4 Å². The molecular weight excluding hydrogens is 334 g/mol. The second-order valence-corrected chi connectivity index (χ2v) is 9.16. The quantitative estimate of drug-likeness (QED) is 0.873. The number of rotatable bonds is 5. The zero-order valence-electron chi connectivity index (χ0n) is 14.4. The summed E-state index contributed by atoms with van der Waals surface area (Å²) in [4.78, 5) is 0.0783. The van der Waals surface area contributed by atoms with E-state index in [1.54, 1.807) is 0 Å². The maximum atomic E-state index is 12.9. The minimum Gasteiger partial charge on any atom is -0.310 e. The molecule has 7 heteroatoms. The van der Waals surface area contributed by atoms with Crippen LogP contribution in [0.15, 0.2) is 29.2 Å². The Morgan fingerprint density at radius 3 is 2.38 bits per heavy atom. The summed E-state index contributed by atoms with van der Waals surface area (Å²) in [5.74, 6) is 0. The summed E-state index contributed by atoms with van der Waals surface area (Å²) in [6.07, 6.45) is 0.0189. The predicted molar refractivity (Wildman–Crippen MR) is 90.7 cm³/mol. The maximum absolute atomic E-state index is 12.9. The third-order valence-corrected chi connectivity index (χ3v) is 6.15. The van der Waals surface area contributed by atoms with Crippen LogP contribution >= 0.6 is 0 Å². The van der Waals surface area contributed by atoms with Crippen molar-refractivity contribution < 1.29 is 17.2 Å². The molecule has 0 unspecified atom stereocenters. The normalized spacial score (nSPS) is 20.5. The van der Waals surface area contributed by atoms with Gasteiger partial charge in [0.2, 0.25) is 10.0 Å². The van der Waals surface area contributed by atoms with Crippen LogP contribution in [0.1, 0.15) is 52.0 Å². The Balaban J connectivity index is 2.21. The van der Waals surface area contributed by atoms with Crippen LogP contribution < -0.4 is 5.32 Å². The Labute approximate surface area is 143 Å². The van der Waals surface area contributed by atoms with Gasteiger partial charge in [-0.05, 0) is 45.7 Å². The van der Waals surface area contributed by atoms with E-state index in [0.717, 1.165) is 19.3 Å². The number of nitrogens with one attached hydrogen (secondary N) is 1. The summed E-state index contributed by atoms with van der Waals surface area (Å²) in [5, 5.41) is 3.36. The number of benzene rings is 1. The molecule has 136 valence electrons. The summed E-state index contributed by atoms with van der Waals surface area (Å²) in [5.41, 5.74) is -0.259. The molecule has 1 saturated heterocycles. The molecule has 1 aromatic carbocycles. The molecule has 0 radical (unpaired) electrons. The molecule has 0 saturated carbocycles. The van der Waals surface area contributed by atoms with Gasteiger partial charge < -0.3 is 5.32 Å². The molecule has 4 nitrogen and oxygen atoms in total.